The highest BCUT2D eigenvalue weighted by Gasteiger charge is 2.26. The van der Waals surface area contributed by atoms with Crippen molar-refractivity contribution in [3.63, 3.8) is 0 Å². The average Bonchev–Trinajstić information content (AvgIpc) is 2.83. The molecule has 1 amide bonds. The number of carbonyl (C=O) groups is 1. The highest BCUT2D eigenvalue weighted by atomic mass is 19.1. The number of fused-ring (bicyclic) bond motifs is 1. The molecule has 0 saturated heterocycles. The van der Waals surface area contributed by atoms with Gasteiger partial charge in [-0.15, -0.1) is 0 Å². The lowest BCUT2D eigenvalue weighted by molar-refractivity contribution is 0.0994. The third-order valence-electron chi connectivity index (χ3n) is 3.27. The minimum absolute atomic E-state index is 0.186. The molecule has 0 bridgehead atoms. The van der Waals surface area contributed by atoms with Crippen molar-refractivity contribution < 1.29 is 9.18 Å². The predicted octanol–water partition coefficient (Wildman–Crippen LogP) is 1.53. The Labute approximate surface area is 109 Å². The van der Waals surface area contributed by atoms with Crippen molar-refractivity contribution in [1.29, 1.82) is 0 Å². The standard InChI is InChI=1S/C13H13FN4O/c14-9-4-2-1-3-8(9)11-5-6-16-12-7-10(13(15)19)17-18(11)12/h1-4,7,11,16H,5-6H2,(H2,15,19). The first-order valence-corrected chi connectivity index (χ1v) is 6.04. The molecule has 2 heterocycles. The summed E-state index contributed by atoms with van der Waals surface area (Å²) < 4.78 is 15.5. The van der Waals surface area contributed by atoms with Crippen molar-refractivity contribution >= 4 is 11.7 Å². The van der Waals surface area contributed by atoms with Crippen LogP contribution in [0.1, 0.15) is 28.5 Å². The third kappa shape index (κ3) is 1.95. The van der Waals surface area contributed by atoms with Crippen LogP contribution in [0.4, 0.5) is 10.2 Å². The quantitative estimate of drug-likeness (QED) is 0.860. The van der Waals surface area contributed by atoms with E-state index in [0.717, 1.165) is 0 Å². The van der Waals surface area contributed by atoms with Gasteiger partial charge in [-0.3, -0.25) is 4.79 Å². The predicted molar refractivity (Wildman–Crippen MR) is 68.4 cm³/mol. The number of benzene rings is 1. The lowest BCUT2D eigenvalue weighted by atomic mass is 10.0. The van der Waals surface area contributed by atoms with Crippen LogP contribution in [0.2, 0.25) is 0 Å². The normalized spacial score (nSPS) is 17.6. The lowest BCUT2D eigenvalue weighted by Crippen LogP contribution is -2.25. The summed E-state index contributed by atoms with van der Waals surface area (Å²) in [6, 6.07) is 7.98. The van der Waals surface area contributed by atoms with Crippen LogP contribution in [0, 0.1) is 5.82 Å². The van der Waals surface area contributed by atoms with Crippen LogP contribution in [0.5, 0.6) is 0 Å². The summed E-state index contributed by atoms with van der Waals surface area (Å²) in [5.74, 6) is -0.166. The van der Waals surface area contributed by atoms with E-state index in [1.165, 1.54) is 6.07 Å². The van der Waals surface area contributed by atoms with E-state index in [0.29, 0.717) is 24.3 Å². The van der Waals surface area contributed by atoms with E-state index in [1.54, 1.807) is 28.9 Å². The maximum atomic E-state index is 13.9. The summed E-state index contributed by atoms with van der Waals surface area (Å²) in [6.07, 6.45) is 0.702. The van der Waals surface area contributed by atoms with Gasteiger partial charge < -0.3 is 11.1 Å². The zero-order chi connectivity index (χ0) is 13.4. The van der Waals surface area contributed by atoms with Crippen molar-refractivity contribution in [2.75, 3.05) is 11.9 Å². The highest BCUT2D eigenvalue weighted by Crippen LogP contribution is 2.31. The molecule has 3 rings (SSSR count). The van der Waals surface area contributed by atoms with Crippen LogP contribution >= 0.6 is 0 Å². The van der Waals surface area contributed by atoms with Crippen molar-refractivity contribution in [3.05, 3.63) is 47.4 Å². The van der Waals surface area contributed by atoms with Crippen LogP contribution in [0.15, 0.2) is 30.3 Å². The number of nitrogens with zero attached hydrogens (tertiary/aromatic N) is 2. The Morgan fingerprint density at radius 1 is 1.47 bits per heavy atom. The van der Waals surface area contributed by atoms with Crippen molar-refractivity contribution in [2.45, 2.75) is 12.5 Å². The summed E-state index contributed by atoms with van der Waals surface area (Å²) >= 11 is 0. The fourth-order valence-corrected chi connectivity index (χ4v) is 2.38. The first-order chi connectivity index (χ1) is 9.16. The van der Waals surface area contributed by atoms with Gasteiger partial charge in [-0.1, -0.05) is 18.2 Å². The van der Waals surface area contributed by atoms with Crippen molar-refractivity contribution in [3.8, 4) is 0 Å². The molecule has 1 unspecified atom stereocenters. The Morgan fingerprint density at radius 3 is 3.00 bits per heavy atom. The molecule has 6 heteroatoms. The van der Waals surface area contributed by atoms with Crippen LogP contribution < -0.4 is 11.1 Å². The van der Waals surface area contributed by atoms with E-state index < -0.39 is 5.91 Å². The van der Waals surface area contributed by atoms with Gasteiger partial charge in [0.05, 0.1) is 6.04 Å². The number of amides is 1. The topological polar surface area (TPSA) is 72.9 Å². The molecule has 0 fully saturated rings. The monoisotopic (exact) mass is 260 g/mol. The maximum absolute atomic E-state index is 13.9. The number of rotatable bonds is 2. The molecule has 0 spiro atoms. The third-order valence-corrected chi connectivity index (χ3v) is 3.27. The first kappa shape index (κ1) is 11.7. The second-order valence-electron chi connectivity index (χ2n) is 4.48. The fraction of sp³-hybridized carbons (Fsp3) is 0.231. The lowest BCUT2D eigenvalue weighted by Gasteiger charge is -2.26. The Bertz CT molecular complexity index is 637. The van der Waals surface area contributed by atoms with E-state index in [2.05, 4.69) is 10.4 Å². The smallest absolute Gasteiger partial charge is 0.269 e. The number of aromatic nitrogens is 2. The Hall–Kier alpha value is -2.37. The molecule has 0 radical (unpaired) electrons. The summed E-state index contributed by atoms with van der Waals surface area (Å²) in [6.45, 7) is 0.697. The number of halogens is 1. The van der Waals surface area contributed by atoms with Gasteiger partial charge in [-0.05, 0) is 12.5 Å². The number of nitrogens with one attached hydrogen (secondary N) is 1. The molecular formula is C13H13FN4O. The van der Waals surface area contributed by atoms with E-state index in [9.17, 15) is 9.18 Å². The molecule has 1 aromatic carbocycles. The van der Waals surface area contributed by atoms with Crippen LogP contribution in [0.25, 0.3) is 0 Å². The number of hydrogen-bond donors (Lipinski definition) is 2. The van der Waals surface area contributed by atoms with E-state index in [-0.39, 0.29) is 17.6 Å². The van der Waals surface area contributed by atoms with Gasteiger partial charge in [-0.2, -0.15) is 5.10 Å². The van der Waals surface area contributed by atoms with Gasteiger partial charge in [0.1, 0.15) is 11.6 Å². The first-order valence-electron chi connectivity index (χ1n) is 6.04. The van der Waals surface area contributed by atoms with E-state index in [1.807, 2.05) is 0 Å². The highest BCUT2D eigenvalue weighted by molar-refractivity contribution is 5.91. The molecule has 19 heavy (non-hydrogen) atoms. The van der Waals surface area contributed by atoms with E-state index in [4.69, 9.17) is 5.73 Å². The zero-order valence-electron chi connectivity index (χ0n) is 10.1. The average molecular weight is 260 g/mol. The van der Waals surface area contributed by atoms with Gasteiger partial charge in [0, 0.05) is 18.2 Å². The summed E-state index contributed by atoms with van der Waals surface area (Å²) in [7, 11) is 0. The van der Waals surface area contributed by atoms with E-state index >= 15 is 0 Å². The molecule has 1 aliphatic heterocycles. The zero-order valence-corrected chi connectivity index (χ0v) is 10.1. The van der Waals surface area contributed by atoms with Gasteiger partial charge >= 0.3 is 0 Å². The molecule has 1 aliphatic rings. The maximum Gasteiger partial charge on any atom is 0.269 e. The minimum Gasteiger partial charge on any atom is -0.370 e. The number of carbonyl (C=O) groups excluding carboxylic acids is 1. The second-order valence-corrected chi connectivity index (χ2v) is 4.48. The molecule has 2 aromatic rings. The van der Waals surface area contributed by atoms with Gasteiger partial charge in [-0.25, -0.2) is 9.07 Å². The van der Waals surface area contributed by atoms with Gasteiger partial charge in [0.15, 0.2) is 5.69 Å². The minimum atomic E-state index is -0.587. The van der Waals surface area contributed by atoms with Crippen LogP contribution in [0.3, 0.4) is 0 Å². The van der Waals surface area contributed by atoms with Crippen molar-refractivity contribution in [1.82, 2.24) is 9.78 Å². The van der Waals surface area contributed by atoms with Crippen LogP contribution in [-0.4, -0.2) is 22.2 Å². The molecule has 1 aromatic heterocycles. The molecule has 3 N–H and O–H groups in total. The van der Waals surface area contributed by atoms with Crippen molar-refractivity contribution in [2.24, 2.45) is 5.73 Å². The molecule has 0 saturated carbocycles. The number of hydrogen-bond acceptors (Lipinski definition) is 3. The molecule has 98 valence electrons. The Morgan fingerprint density at radius 2 is 2.26 bits per heavy atom. The Balaban J connectivity index is 2.07. The van der Waals surface area contributed by atoms with Crippen LogP contribution in [-0.2, 0) is 0 Å². The molecular weight excluding hydrogens is 247 g/mol. The molecule has 0 aliphatic carbocycles. The second kappa shape index (κ2) is 4.38. The molecule has 1 atom stereocenters. The number of primary amides is 1. The molecule has 5 nitrogen and oxygen atoms in total. The summed E-state index contributed by atoms with van der Waals surface area (Å²) in [4.78, 5) is 11.2. The fourth-order valence-electron chi connectivity index (χ4n) is 2.38. The summed E-state index contributed by atoms with van der Waals surface area (Å²) in [5, 5.41) is 7.29. The largest absolute Gasteiger partial charge is 0.370 e. The number of anilines is 1. The number of nitrogens with two attached hydrogens (primary N) is 1. The Kier molecular flexibility index (Phi) is 2.70. The summed E-state index contributed by atoms with van der Waals surface area (Å²) in [5.41, 5.74) is 5.98. The van der Waals surface area contributed by atoms with Gasteiger partial charge in [0.2, 0.25) is 0 Å². The SMILES string of the molecule is NC(=O)c1cc2n(n1)C(c1ccccc1F)CCN2. The van der Waals surface area contributed by atoms with Gasteiger partial charge in [0.25, 0.3) is 5.91 Å².